The van der Waals surface area contributed by atoms with Crippen molar-refractivity contribution >= 4 is 45.8 Å². The van der Waals surface area contributed by atoms with E-state index in [1.54, 1.807) is 24.3 Å². The van der Waals surface area contributed by atoms with Gasteiger partial charge in [-0.2, -0.15) is 0 Å². The van der Waals surface area contributed by atoms with Crippen LogP contribution in [0.4, 0.5) is 10.8 Å². The first-order chi connectivity index (χ1) is 12.0. The van der Waals surface area contributed by atoms with E-state index in [0.717, 1.165) is 16.0 Å². The third-order valence-corrected chi connectivity index (χ3v) is 5.00. The number of thioether (sulfide) groups is 1. The zero-order valence-electron chi connectivity index (χ0n) is 14.2. The monoisotopic (exact) mass is 380 g/mol. The van der Waals surface area contributed by atoms with Crippen LogP contribution in [0.2, 0.25) is 0 Å². The van der Waals surface area contributed by atoms with Crippen LogP contribution in [0.25, 0.3) is 0 Å². The summed E-state index contributed by atoms with van der Waals surface area (Å²) in [6.07, 6.45) is 0. The van der Waals surface area contributed by atoms with Gasteiger partial charge in [-0.3, -0.25) is 4.79 Å². The van der Waals surface area contributed by atoms with Crippen LogP contribution in [0.3, 0.4) is 0 Å². The molecule has 2 aromatic rings. The van der Waals surface area contributed by atoms with E-state index < -0.39 is 5.97 Å². The summed E-state index contributed by atoms with van der Waals surface area (Å²) in [7, 11) is 1.33. The molecule has 134 valence electrons. The number of nitrogens with zero attached hydrogens (tertiary/aromatic N) is 2. The highest BCUT2D eigenvalue weighted by Gasteiger charge is 2.10. The molecule has 0 spiro atoms. The Morgan fingerprint density at radius 1 is 1.24 bits per heavy atom. The maximum atomic E-state index is 12.0. The fourth-order valence-corrected chi connectivity index (χ4v) is 3.32. The first-order valence-electron chi connectivity index (χ1n) is 7.66. The van der Waals surface area contributed by atoms with Crippen molar-refractivity contribution in [3.63, 3.8) is 0 Å². The molecule has 9 heteroatoms. The van der Waals surface area contributed by atoms with E-state index in [1.165, 1.54) is 30.2 Å². The minimum Gasteiger partial charge on any atom is -0.465 e. The Bertz CT molecular complexity index is 716. The van der Waals surface area contributed by atoms with Crippen molar-refractivity contribution in [2.24, 2.45) is 5.92 Å². The smallest absolute Gasteiger partial charge is 0.337 e. The number of anilines is 2. The van der Waals surface area contributed by atoms with E-state index >= 15 is 0 Å². The van der Waals surface area contributed by atoms with Gasteiger partial charge in [-0.1, -0.05) is 36.9 Å². The molecule has 25 heavy (non-hydrogen) atoms. The molecule has 0 radical (unpaired) electrons. The van der Waals surface area contributed by atoms with Gasteiger partial charge in [0.05, 0.1) is 18.4 Å². The lowest BCUT2D eigenvalue weighted by atomic mass is 10.2. The highest BCUT2D eigenvalue weighted by atomic mass is 32.2. The van der Waals surface area contributed by atoms with Gasteiger partial charge >= 0.3 is 5.97 Å². The molecule has 7 nitrogen and oxygen atoms in total. The molecule has 1 aromatic carbocycles. The van der Waals surface area contributed by atoms with Crippen LogP contribution in [0, 0.1) is 5.92 Å². The first kappa shape index (κ1) is 19.2. The van der Waals surface area contributed by atoms with Crippen molar-refractivity contribution in [1.82, 2.24) is 10.2 Å². The number of carbonyl (C=O) groups excluding carboxylic acids is 2. The van der Waals surface area contributed by atoms with Crippen molar-refractivity contribution in [3.8, 4) is 0 Å². The number of amides is 1. The molecular formula is C16H20N4O3S2. The van der Waals surface area contributed by atoms with Crippen LogP contribution in [0.15, 0.2) is 28.6 Å². The molecule has 0 aliphatic heterocycles. The molecule has 1 heterocycles. The topological polar surface area (TPSA) is 93.2 Å². The van der Waals surface area contributed by atoms with Crippen molar-refractivity contribution in [2.45, 2.75) is 18.2 Å². The average Bonchev–Trinajstić information content (AvgIpc) is 3.06. The van der Waals surface area contributed by atoms with E-state index in [0.29, 0.717) is 17.2 Å². The number of ether oxygens (including phenoxy) is 1. The lowest BCUT2D eigenvalue weighted by Gasteiger charge is -2.05. The van der Waals surface area contributed by atoms with E-state index in [-0.39, 0.29) is 11.7 Å². The predicted octanol–water partition coefficient (Wildman–Crippen LogP) is 3.12. The minimum absolute atomic E-state index is 0.150. The number of hydrogen-bond acceptors (Lipinski definition) is 8. The largest absolute Gasteiger partial charge is 0.465 e. The second-order valence-corrected chi connectivity index (χ2v) is 7.75. The molecule has 0 unspecified atom stereocenters. The van der Waals surface area contributed by atoms with Crippen molar-refractivity contribution in [3.05, 3.63) is 29.8 Å². The molecule has 2 rings (SSSR count). The SMILES string of the molecule is COC(=O)c1ccc(NC(=O)CSc2nnc(NCC(C)C)s2)cc1. The van der Waals surface area contributed by atoms with Crippen molar-refractivity contribution in [1.29, 1.82) is 0 Å². The molecule has 1 aromatic heterocycles. The zero-order chi connectivity index (χ0) is 18.2. The van der Waals surface area contributed by atoms with Crippen LogP contribution < -0.4 is 10.6 Å². The molecule has 0 bridgehead atoms. The number of hydrogen-bond donors (Lipinski definition) is 2. The first-order valence-corrected chi connectivity index (χ1v) is 9.46. The summed E-state index contributed by atoms with van der Waals surface area (Å²) in [5.74, 6) is 0.197. The maximum Gasteiger partial charge on any atom is 0.337 e. The Morgan fingerprint density at radius 3 is 2.60 bits per heavy atom. The highest BCUT2D eigenvalue weighted by Crippen LogP contribution is 2.25. The van der Waals surface area contributed by atoms with Crippen LogP contribution in [0.5, 0.6) is 0 Å². The van der Waals surface area contributed by atoms with Gasteiger partial charge in [-0.05, 0) is 30.2 Å². The van der Waals surface area contributed by atoms with Gasteiger partial charge in [0.1, 0.15) is 0 Å². The molecule has 0 aliphatic carbocycles. The lowest BCUT2D eigenvalue weighted by molar-refractivity contribution is -0.113. The molecule has 0 aliphatic rings. The summed E-state index contributed by atoms with van der Waals surface area (Å²) in [4.78, 5) is 23.4. The quantitative estimate of drug-likeness (QED) is 0.537. The Kier molecular flexibility index (Phi) is 7.20. The van der Waals surface area contributed by atoms with Gasteiger partial charge in [-0.15, -0.1) is 10.2 Å². The Labute approximate surface area is 154 Å². The van der Waals surface area contributed by atoms with E-state index in [9.17, 15) is 9.59 Å². The van der Waals surface area contributed by atoms with Gasteiger partial charge in [0.2, 0.25) is 11.0 Å². The van der Waals surface area contributed by atoms with Gasteiger partial charge in [0, 0.05) is 12.2 Å². The Morgan fingerprint density at radius 2 is 1.96 bits per heavy atom. The molecular weight excluding hydrogens is 360 g/mol. The molecule has 0 atom stereocenters. The van der Waals surface area contributed by atoms with Gasteiger partial charge < -0.3 is 15.4 Å². The number of benzene rings is 1. The number of esters is 1. The number of aromatic nitrogens is 2. The van der Waals surface area contributed by atoms with E-state index in [1.807, 2.05) is 0 Å². The number of methoxy groups -OCH3 is 1. The summed E-state index contributed by atoms with van der Waals surface area (Å²) in [5.41, 5.74) is 1.06. The van der Waals surface area contributed by atoms with Crippen LogP contribution in [-0.4, -0.2) is 41.5 Å². The van der Waals surface area contributed by atoms with Gasteiger partial charge in [-0.25, -0.2) is 4.79 Å². The fraction of sp³-hybridized carbons (Fsp3) is 0.375. The van der Waals surface area contributed by atoms with E-state index in [2.05, 4.69) is 39.4 Å². The molecule has 0 fully saturated rings. The standard InChI is InChI=1S/C16H20N4O3S2/c1-10(2)8-17-15-19-20-16(25-15)24-9-13(21)18-12-6-4-11(5-7-12)14(22)23-3/h4-7,10H,8-9H2,1-3H3,(H,17,19)(H,18,21). The predicted molar refractivity (Wildman–Crippen MR) is 100 cm³/mol. The minimum atomic E-state index is -0.411. The van der Waals surface area contributed by atoms with Crippen molar-refractivity contribution in [2.75, 3.05) is 30.0 Å². The van der Waals surface area contributed by atoms with Crippen LogP contribution in [0.1, 0.15) is 24.2 Å². The van der Waals surface area contributed by atoms with Gasteiger partial charge in [0.15, 0.2) is 4.34 Å². The normalized spacial score (nSPS) is 10.6. The molecule has 0 saturated heterocycles. The molecule has 2 N–H and O–H groups in total. The highest BCUT2D eigenvalue weighted by molar-refractivity contribution is 8.01. The molecule has 0 saturated carbocycles. The van der Waals surface area contributed by atoms with Crippen LogP contribution in [-0.2, 0) is 9.53 Å². The second-order valence-electron chi connectivity index (χ2n) is 5.55. The Hall–Kier alpha value is -2.13. The summed E-state index contributed by atoms with van der Waals surface area (Å²) in [6, 6.07) is 6.53. The Balaban J connectivity index is 1.79. The summed E-state index contributed by atoms with van der Waals surface area (Å²) in [6.45, 7) is 5.07. The second kappa shape index (κ2) is 9.38. The lowest BCUT2D eigenvalue weighted by Crippen LogP contribution is -2.14. The third kappa shape index (κ3) is 6.35. The fourth-order valence-electron chi connectivity index (χ4n) is 1.76. The number of nitrogens with one attached hydrogen (secondary N) is 2. The summed E-state index contributed by atoms with van der Waals surface area (Å²) < 4.78 is 5.37. The molecule has 1 amide bonds. The average molecular weight is 380 g/mol. The maximum absolute atomic E-state index is 12.0. The summed E-state index contributed by atoms with van der Waals surface area (Å²) >= 11 is 2.76. The number of rotatable bonds is 8. The van der Waals surface area contributed by atoms with Crippen LogP contribution >= 0.6 is 23.1 Å². The number of carbonyl (C=O) groups is 2. The summed E-state index contributed by atoms with van der Waals surface area (Å²) in [5, 5.41) is 14.8. The van der Waals surface area contributed by atoms with Crippen molar-refractivity contribution < 1.29 is 14.3 Å². The van der Waals surface area contributed by atoms with E-state index in [4.69, 9.17) is 0 Å². The van der Waals surface area contributed by atoms with Gasteiger partial charge in [0.25, 0.3) is 0 Å². The third-order valence-electron chi connectivity index (χ3n) is 2.98. The zero-order valence-corrected chi connectivity index (χ0v) is 15.9.